The van der Waals surface area contributed by atoms with E-state index in [4.69, 9.17) is 11.6 Å². The lowest BCUT2D eigenvalue weighted by Gasteiger charge is -2.16. The normalized spacial score (nSPS) is 10.9. The Kier molecular flexibility index (Phi) is 5.82. The fourth-order valence-corrected chi connectivity index (χ4v) is 2.98. The fraction of sp³-hybridized carbons (Fsp3) is 0.400. The van der Waals surface area contributed by atoms with Gasteiger partial charge in [-0.15, -0.1) is 0 Å². The Bertz CT molecular complexity index is 587. The molecule has 0 spiro atoms. The van der Waals surface area contributed by atoms with Crippen LogP contribution in [0.15, 0.2) is 34.7 Å². The molecule has 0 aliphatic carbocycles. The Hall–Kier alpha value is -1.33. The van der Waals surface area contributed by atoms with Crippen LogP contribution < -0.4 is 5.32 Å². The van der Waals surface area contributed by atoms with Gasteiger partial charge in [-0.2, -0.15) is 0 Å². The van der Waals surface area contributed by atoms with Gasteiger partial charge >= 0.3 is 0 Å². The smallest absolute Gasteiger partial charge is 0.134 e. The minimum absolute atomic E-state index is 0.334. The molecule has 0 saturated heterocycles. The number of nitrogens with zero attached hydrogens (tertiary/aromatic N) is 3. The van der Waals surface area contributed by atoms with Crippen molar-refractivity contribution in [1.29, 1.82) is 0 Å². The molecule has 0 bridgehead atoms. The molecule has 6 heteroatoms. The van der Waals surface area contributed by atoms with Crippen molar-refractivity contribution in [3.8, 4) is 0 Å². The lowest BCUT2D eigenvalue weighted by molar-refractivity contribution is 0.799. The maximum absolute atomic E-state index is 5.87. The van der Waals surface area contributed by atoms with E-state index in [2.05, 4.69) is 41.0 Å². The molecule has 0 atom stereocenters. The van der Waals surface area contributed by atoms with Crippen LogP contribution >= 0.6 is 23.4 Å². The van der Waals surface area contributed by atoms with Gasteiger partial charge in [0.1, 0.15) is 22.2 Å². The molecule has 0 radical (unpaired) electrons. The number of halogens is 1. The summed E-state index contributed by atoms with van der Waals surface area (Å²) in [7, 11) is 0. The van der Waals surface area contributed by atoms with E-state index in [1.807, 2.05) is 12.1 Å². The van der Waals surface area contributed by atoms with E-state index in [0.29, 0.717) is 10.9 Å². The molecule has 4 nitrogen and oxygen atoms in total. The van der Waals surface area contributed by atoms with Gasteiger partial charge in [-0.05, 0) is 36.2 Å². The Morgan fingerprint density at radius 1 is 1.24 bits per heavy atom. The van der Waals surface area contributed by atoms with Gasteiger partial charge in [0.25, 0.3) is 0 Å². The molecule has 0 amide bonds. The largest absolute Gasteiger partial charge is 0.370 e. The molecule has 0 fully saturated rings. The molecule has 112 valence electrons. The molecule has 0 saturated carbocycles. The first-order chi connectivity index (χ1) is 10.1. The summed E-state index contributed by atoms with van der Waals surface area (Å²) >= 11 is 7.41. The average molecular weight is 323 g/mol. The summed E-state index contributed by atoms with van der Waals surface area (Å²) in [4.78, 5) is 13.1. The summed E-state index contributed by atoms with van der Waals surface area (Å²) in [6, 6.07) is 3.74. The molecule has 2 rings (SSSR count). The molecule has 2 heterocycles. The molecule has 2 aromatic rings. The molecule has 1 N–H and O–H groups in total. The van der Waals surface area contributed by atoms with Crippen molar-refractivity contribution >= 4 is 29.2 Å². The van der Waals surface area contributed by atoms with E-state index in [9.17, 15) is 0 Å². The minimum atomic E-state index is 0.334. The predicted octanol–water partition coefficient (Wildman–Crippen LogP) is 4.62. The van der Waals surface area contributed by atoms with Crippen LogP contribution in [-0.2, 0) is 0 Å². The molecule has 0 unspecified atom stereocenters. The second-order valence-corrected chi connectivity index (χ2v) is 6.38. The van der Waals surface area contributed by atoms with Crippen LogP contribution in [0.25, 0.3) is 0 Å². The molecule has 0 aliphatic heterocycles. The molecule has 0 aliphatic rings. The summed E-state index contributed by atoms with van der Waals surface area (Å²) in [5, 5.41) is 5.82. The topological polar surface area (TPSA) is 50.7 Å². The van der Waals surface area contributed by atoms with Gasteiger partial charge in [0.2, 0.25) is 0 Å². The zero-order valence-corrected chi connectivity index (χ0v) is 14.0. The first-order valence-corrected chi connectivity index (χ1v) is 8.19. The van der Waals surface area contributed by atoms with Crippen LogP contribution in [0.3, 0.4) is 0 Å². The van der Waals surface area contributed by atoms with Crippen LogP contribution in [0.2, 0.25) is 5.02 Å². The van der Waals surface area contributed by atoms with Gasteiger partial charge < -0.3 is 5.32 Å². The second kappa shape index (κ2) is 7.61. The van der Waals surface area contributed by atoms with Crippen molar-refractivity contribution < 1.29 is 0 Å². The van der Waals surface area contributed by atoms with Crippen molar-refractivity contribution in [3.63, 3.8) is 0 Å². The number of anilines is 1. The number of hydrogen-bond acceptors (Lipinski definition) is 5. The van der Waals surface area contributed by atoms with Crippen molar-refractivity contribution in [2.45, 2.75) is 43.2 Å². The fourth-order valence-electron chi connectivity index (χ4n) is 1.89. The third-order valence-electron chi connectivity index (χ3n) is 2.87. The summed E-state index contributed by atoms with van der Waals surface area (Å²) in [6.45, 7) is 7.33. The number of pyridine rings is 1. The van der Waals surface area contributed by atoms with E-state index >= 15 is 0 Å². The van der Waals surface area contributed by atoms with Gasteiger partial charge in [-0.1, -0.05) is 32.4 Å². The number of aromatic nitrogens is 3. The highest BCUT2D eigenvalue weighted by Crippen LogP contribution is 2.34. The highest BCUT2D eigenvalue weighted by molar-refractivity contribution is 7.99. The van der Waals surface area contributed by atoms with Gasteiger partial charge in [-0.3, -0.25) is 0 Å². The highest BCUT2D eigenvalue weighted by atomic mass is 35.5. The second-order valence-electron chi connectivity index (χ2n) is 4.94. The third-order valence-corrected chi connectivity index (χ3v) is 4.06. The van der Waals surface area contributed by atoms with Crippen LogP contribution in [0.4, 0.5) is 5.82 Å². The van der Waals surface area contributed by atoms with E-state index in [1.54, 1.807) is 12.5 Å². The molecular weight excluding hydrogens is 304 g/mol. The minimum Gasteiger partial charge on any atom is -0.370 e. The summed E-state index contributed by atoms with van der Waals surface area (Å²) in [5.41, 5.74) is 1.13. The Morgan fingerprint density at radius 3 is 2.67 bits per heavy atom. The van der Waals surface area contributed by atoms with E-state index in [0.717, 1.165) is 34.4 Å². The monoisotopic (exact) mass is 322 g/mol. The Balaban J connectivity index is 2.31. The molecule has 0 aromatic carbocycles. The standard InChI is InChI=1S/C15H19ClN4S/c1-4-7-17-14-13(10(2)3)15(20-9-19-14)21-12-6-5-11(16)8-18-12/h5-6,8-10H,4,7H2,1-3H3,(H,17,19,20). The zero-order valence-electron chi connectivity index (χ0n) is 12.4. The quantitative estimate of drug-likeness (QED) is 0.786. The summed E-state index contributed by atoms with van der Waals surface area (Å²) in [6.07, 6.45) is 4.31. The molecule has 21 heavy (non-hydrogen) atoms. The Labute approximate surface area is 134 Å². The van der Waals surface area contributed by atoms with Crippen LogP contribution in [-0.4, -0.2) is 21.5 Å². The third kappa shape index (κ3) is 4.32. The van der Waals surface area contributed by atoms with Gasteiger partial charge in [0.15, 0.2) is 0 Å². The predicted molar refractivity (Wildman–Crippen MR) is 88.3 cm³/mol. The number of hydrogen-bond donors (Lipinski definition) is 1. The van der Waals surface area contributed by atoms with Crippen LogP contribution in [0, 0.1) is 0 Å². The lowest BCUT2D eigenvalue weighted by atomic mass is 10.1. The summed E-state index contributed by atoms with van der Waals surface area (Å²) in [5.74, 6) is 1.25. The average Bonchev–Trinajstić information content (AvgIpc) is 2.47. The number of nitrogens with one attached hydrogen (secondary N) is 1. The van der Waals surface area contributed by atoms with Crippen LogP contribution in [0.1, 0.15) is 38.7 Å². The first-order valence-electron chi connectivity index (χ1n) is 7.00. The van der Waals surface area contributed by atoms with Gasteiger partial charge in [0, 0.05) is 18.3 Å². The van der Waals surface area contributed by atoms with E-state index in [-0.39, 0.29) is 0 Å². The van der Waals surface area contributed by atoms with Crippen molar-refractivity contribution in [2.75, 3.05) is 11.9 Å². The van der Waals surface area contributed by atoms with E-state index in [1.165, 1.54) is 11.8 Å². The lowest BCUT2D eigenvalue weighted by Crippen LogP contribution is -2.08. The maximum atomic E-state index is 5.87. The molecular formula is C15H19ClN4S. The maximum Gasteiger partial charge on any atom is 0.134 e. The SMILES string of the molecule is CCCNc1ncnc(Sc2ccc(Cl)cn2)c1C(C)C. The van der Waals surface area contributed by atoms with Gasteiger partial charge in [-0.25, -0.2) is 15.0 Å². The summed E-state index contributed by atoms with van der Waals surface area (Å²) < 4.78 is 0. The molecule has 2 aromatic heterocycles. The van der Waals surface area contributed by atoms with Crippen molar-refractivity contribution in [2.24, 2.45) is 0 Å². The Morgan fingerprint density at radius 2 is 2.05 bits per heavy atom. The van der Waals surface area contributed by atoms with Crippen molar-refractivity contribution in [3.05, 3.63) is 35.2 Å². The highest BCUT2D eigenvalue weighted by Gasteiger charge is 2.16. The van der Waals surface area contributed by atoms with Crippen LogP contribution in [0.5, 0.6) is 0 Å². The van der Waals surface area contributed by atoms with E-state index < -0.39 is 0 Å². The number of rotatable bonds is 6. The van der Waals surface area contributed by atoms with Crippen molar-refractivity contribution in [1.82, 2.24) is 15.0 Å². The zero-order chi connectivity index (χ0) is 15.2. The first kappa shape index (κ1) is 16.0. The van der Waals surface area contributed by atoms with Gasteiger partial charge in [0.05, 0.1) is 5.02 Å².